The summed E-state index contributed by atoms with van der Waals surface area (Å²) in [6, 6.07) is 18.6. The molecule has 8 heteroatoms. The van der Waals surface area contributed by atoms with Gasteiger partial charge in [0.25, 0.3) is 0 Å². The predicted octanol–water partition coefficient (Wildman–Crippen LogP) is 5.42. The number of hydrogen-bond donors (Lipinski definition) is 0. The molecule has 2 aromatic heterocycles. The molecule has 0 saturated carbocycles. The van der Waals surface area contributed by atoms with Crippen LogP contribution in [0.3, 0.4) is 0 Å². The fourth-order valence-electron chi connectivity index (χ4n) is 5.19. The van der Waals surface area contributed by atoms with E-state index < -0.39 is 0 Å². The fourth-order valence-corrected chi connectivity index (χ4v) is 5.19. The van der Waals surface area contributed by atoms with E-state index in [-0.39, 0.29) is 12.4 Å². The Morgan fingerprint density at radius 1 is 0.951 bits per heavy atom. The lowest BCUT2D eigenvalue weighted by Gasteiger charge is -2.26. The normalized spacial score (nSPS) is 18.5. The molecule has 2 aliphatic heterocycles. The van der Waals surface area contributed by atoms with Crippen LogP contribution in [0.5, 0.6) is 0 Å². The molecule has 0 aliphatic carbocycles. The van der Waals surface area contributed by atoms with Gasteiger partial charge in [-0.15, -0.1) is 0 Å². The SMILES string of the molecule is C[C@H](OC1CCCCO1)c1nccn1Cc1cc(-c2ccc(C#Cc3ccc(CN4CCOCC4)cc3)cc2)no1. The second-order valence-electron chi connectivity index (χ2n) is 10.6. The van der Waals surface area contributed by atoms with Crippen LogP contribution in [0.1, 0.15) is 60.6 Å². The molecule has 41 heavy (non-hydrogen) atoms. The van der Waals surface area contributed by atoms with Gasteiger partial charge in [0.2, 0.25) is 0 Å². The molecule has 6 rings (SSSR count). The maximum atomic E-state index is 6.11. The third-order valence-electron chi connectivity index (χ3n) is 7.49. The van der Waals surface area contributed by atoms with Crippen molar-refractivity contribution in [2.24, 2.45) is 0 Å². The Labute approximate surface area is 241 Å². The minimum atomic E-state index is -0.183. The summed E-state index contributed by atoms with van der Waals surface area (Å²) in [5.41, 5.74) is 5.03. The van der Waals surface area contributed by atoms with Crippen molar-refractivity contribution < 1.29 is 18.7 Å². The Balaban J connectivity index is 1.05. The summed E-state index contributed by atoms with van der Waals surface area (Å²) < 4.78 is 25.0. The topological polar surface area (TPSA) is 74.8 Å². The van der Waals surface area contributed by atoms with E-state index in [0.717, 1.165) is 92.7 Å². The van der Waals surface area contributed by atoms with Gasteiger partial charge in [-0.05, 0) is 56.0 Å². The minimum absolute atomic E-state index is 0.167. The van der Waals surface area contributed by atoms with Crippen molar-refractivity contribution in [3.8, 4) is 23.1 Å². The highest BCUT2D eigenvalue weighted by molar-refractivity contribution is 5.60. The zero-order chi connectivity index (χ0) is 27.9. The van der Waals surface area contributed by atoms with Gasteiger partial charge < -0.3 is 23.3 Å². The number of imidazole rings is 1. The Hall–Kier alpha value is -3.74. The molecule has 2 saturated heterocycles. The number of benzene rings is 2. The van der Waals surface area contributed by atoms with Crippen molar-refractivity contribution in [2.75, 3.05) is 32.9 Å². The first-order chi connectivity index (χ1) is 20.2. The van der Waals surface area contributed by atoms with Gasteiger partial charge in [0, 0.05) is 61.4 Å². The first kappa shape index (κ1) is 27.4. The Morgan fingerprint density at radius 2 is 1.71 bits per heavy atom. The Bertz CT molecular complexity index is 1450. The van der Waals surface area contributed by atoms with E-state index in [1.54, 1.807) is 6.20 Å². The van der Waals surface area contributed by atoms with Crippen LogP contribution in [-0.4, -0.2) is 58.8 Å². The molecule has 4 aromatic rings. The molecule has 2 aromatic carbocycles. The maximum Gasteiger partial charge on any atom is 0.158 e. The number of nitrogens with zero attached hydrogens (tertiary/aromatic N) is 4. The van der Waals surface area contributed by atoms with Crippen LogP contribution >= 0.6 is 0 Å². The van der Waals surface area contributed by atoms with Gasteiger partial charge in [0.15, 0.2) is 12.1 Å². The average molecular weight is 553 g/mol. The molecule has 0 bridgehead atoms. The smallest absolute Gasteiger partial charge is 0.158 e. The first-order valence-electron chi connectivity index (χ1n) is 14.4. The minimum Gasteiger partial charge on any atom is -0.379 e. The molecule has 8 nitrogen and oxygen atoms in total. The van der Waals surface area contributed by atoms with E-state index in [4.69, 9.17) is 18.7 Å². The molecular weight excluding hydrogens is 516 g/mol. The lowest BCUT2D eigenvalue weighted by Crippen LogP contribution is -2.35. The summed E-state index contributed by atoms with van der Waals surface area (Å²) in [5.74, 6) is 8.14. The molecule has 212 valence electrons. The lowest BCUT2D eigenvalue weighted by molar-refractivity contribution is -0.188. The highest BCUT2D eigenvalue weighted by atomic mass is 16.7. The number of rotatable bonds is 8. The molecule has 0 spiro atoms. The summed E-state index contributed by atoms with van der Waals surface area (Å²) in [6.45, 7) is 7.86. The quantitative estimate of drug-likeness (QED) is 0.270. The molecule has 0 amide bonds. The summed E-state index contributed by atoms with van der Waals surface area (Å²) in [6.07, 6.45) is 6.51. The van der Waals surface area contributed by atoms with Crippen molar-refractivity contribution in [2.45, 2.75) is 51.7 Å². The van der Waals surface area contributed by atoms with E-state index in [9.17, 15) is 0 Å². The second kappa shape index (κ2) is 13.3. The third kappa shape index (κ3) is 7.32. The standard InChI is InChI=1S/C33H36N4O4/c1-25(40-32-4-2-3-19-39-32)33-34-15-16-37(33)24-30-22-31(35-41-30)29-13-11-27(12-14-29)6-5-26-7-9-28(10-8-26)23-36-17-20-38-21-18-36/h7-16,22,25,32H,2-4,17-21,23-24H2,1H3/t25-,32?/m0/s1. The maximum absolute atomic E-state index is 6.11. The largest absolute Gasteiger partial charge is 0.379 e. The number of aromatic nitrogens is 3. The van der Waals surface area contributed by atoms with Crippen LogP contribution in [-0.2, 0) is 27.3 Å². The highest BCUT2D eigenvalue weighted by Gasteiger charge is 2.21. The zero-order valence-electron chi connectivity index (χ0n) is 23.5. The van der Waals surface area contributed by atoms with E-state index in [0.29, 0.717) is 6.54 Å². The fraction of sp³-hybridized carbons (Fsp3) is 0.394. The summed E-state index contributed by atoms with van der Waals surface area (Å²) in [7, 11) is 0. The van der Waals surface area contributed by atoms with E-state index in [1.807, 2.05) is 48.0 Å². The second-order valence-corrected chi connectivity index (χ2v) is 10.6. The number of hydrogen-bond acceptors (Lipinski definition) is 7. The molecule has 0 N–H and O–H groups in total. The van der Waals surface area contributed by atoms with Crippen LogP contribution in [0, 0.1) is 11.8 Å². The number of ether oxygens (including phenoxy) is 3. The van der Waals surface area contributed by atoms with Crippen LogP contribution in [0.2, 0.25) is 0 Å². The van der Waals surface area contributed by atoms with Crippen molar-refractivity contribution >= 4 is 0 Å². The molecule has 1 unspecified atom stereocenters. The van der Waals surface area contributed by atoms with Gasteiger partial charge >= 0.3 is 0 Å². The van der Waals surface area contributed by atoms with Crippen LogP contribution in [0.15, 0.2) is 71.5 Å². The van der Waals surface area contributed by atoms with Gasteiger partial charge in [-0.3, -0.25) is 4.90 Å². The molecule has 2 fully saturated rings. The lowest BCUT2D eigenvalue weighted by atomic mass is 10.1. The van der Waals surface area contributed by atoms with E-state index in [2.05, 4.69) is 51.1 Å². The molecule has 2 atom stereocenters. The molecule has 0 radical (unpaired) electrons. The summed E-state index contributed by atoms with van der Waals surface area (Å²) >= 11 is 0. The zero-order valence-corrected chi connectivity index (χ0v) is 23.5. The molecule has 2 aliphatic rings. The number of morpholine rings is 1. The molecule has 4 heterocycles. The monoisotopic (exact) mass is 552 g/mol. The Morgan fingerprint density at radius 3 is 2.44 bits per heavy atom. The molecular formula is C33H36N4O4. The van der Waals surface area contributed by atoms with Crippen molar-refractivity contribution in [3.05, 3.63) is 95.3 Å². The van der Waals surface area contributed by atoms with Crippen LogP contribution in [0.4, 0.5) is 0 Å². The van der Waals surface area contributed by atoms with Crippen LogP contribution < -0.4 is 0 Å². The van der Waals surface area contributed by atoms with Gasteiger partial charge in [0.05, 0.1) is 19.8 Å². The Kier molecular flexibility index (Phi) is 8.89. The first-order valence-corrected chi connectivity index (χ1v) is 14.4. The average Bonchev–Trinajstić information content (AvgIpc) is 3.68. The van der Waals surface area contributed by atoms with Gasteiger partial charge in [-0.25, -0.2) is 4.98 Å². The van der Waals surface area contributed by atoms with Crippen molar-refractivity contribution in [3.63, 3.8) is 0 Å². The van der Waals surface area contributed by atoms with Crippen molar-refractivity contribution in [1.82, 2.24) is 19.6 Å². The summed E-state index contributed by atoms with van der Waals surface area (Å²) in [4.78, 5) is 6.94. The van der Waals surface area contributed by atoms with Gasteiger partial charge in [-0.2, -0.15) is 0 Å². The van der Waals surface area contributed by atoms with E-state index in [1.165, 1.54) is 5.56 Å². The third-order valence-corrected chi connectivity index (χ3v) is 7.49. The van der Waals surface area contributed by atoms with E-state index >= 15 is 0 Å². The van der Waals surface area contributed by atoms with Crippen LogP contribution in [0.25, 0.3) is 11.3 Å². The van der Waals surface area contributed by atoms with Gasteiger partial charge in [-0.1, -0.05) is 41.3 Å². The summed E-state index contributed by atoms with van der Waals surface area (Å²) in [5, 5.41) is 4.30. The van der Waals surface area contributed by atoms with Gasteiger partial charge in [0.1, 0.15) is 17.6 Å². The highest BCUT2D eigenvalue weighted by Crippen LogP contribution is 2.25. The predicted molar refractivity (Wildman–Crippen MR) is 155 cm³/mol. The van der Waals surface area contributed by atoms with Crippen molar-refractivity contribution in [1.29, 1.82) is 0 Å².